The van der Waals surface area contributed by atoms with Crippen LogP contribution in [0.4, 0.5) is 0 Å². The van der Waals surface area contributed by atoms with Crippen molar-refractivity contribution in [2.75, 3.05) is 0 Å². The molecule has 1 aliphatic heterocycles. The fourth-order valence-electron chi connectivity index (χ4n) is 3.20. The first-order valence-corrected chi connectivity index (χ1v) is 6.93. The molecule has 1 amide bonds. The van der Waals surface area contributed by atoms with Gasteiger partial charge in [0.2, 0.25) is 5.91 Å². The van der Waals surface area contributed by atoms with E-state index in [2.05, 4.69) is 50.4 Å². The number of carbonyl (C=O) groups excluding carboxylic acids is 1. The van der Waals surface area contributed by atoms with E-state index in [0.29, 0.717) is 12.3 Å². The highest BCUT2D eigenvalue weighted by atomic mass is 16.2. The highest BCUT2D eigenvalue weighted by Crippen LogP contribution is 2.41. The van der Waals surface area contributed by atoms with Crippen LogP contribution in [0, 0.1) is 5.92 Å². The number of hydrogen-bond acceptors (Lipinski definition) is 1. The quantitative estimate of drug-likeness (QED) is 0.866. The van der Waals surface area contributed by atoms with Gasteiger partial charge in [-0.2, -0.15) is 0 Å². The van der Waals surface area contributed by atoms with Crippen molar-refractivity contribution in [2.45, 2.75) is 51.5 Å². The molecular weight excluding hydrogens is 222 g/mol. The molecule has 1 fully saturated rings. The van der Waals surface area contributed by atoms with Crippen LogP contribution in [0.5, 0.6) is 0 Å². The molecule has 2 nitrogen and oxygen atoms in total. The third kappa shape index (κ3) is 2.29. The summed E-state index contributed by atoms with van der Waals surface area (Å²) in [5.41, 5.74) is 1.29. The third-order valence-corrected chi connectivity index (χ3v) is 4.16. The molecule has 0 aromatic heterocycles. The highest BCUT2D eigenvalue weighted by molar-refractivity contribution is 5.81. The Balaban J connectivity index is 2.37. The Morgan fingerprint density at radius 2 is 2.00 bits per heavy atom. The van der Waals surface area contributed by atoms with Crippen molar-refractivity contribution < 1.29 is 4.79 Å². The fourth-order valence-corrected chi connectivity index (χ4v) is 3.20. The molecule has 1 heterocycles. The number of benzene rings is 1. The van der Waals surface area contributed by atoms with Crippen molar-refractivity contribution in [1.82, 2.24) is 5.32 Å². The van der Waals surface area contributed by atoms with Crippen LogP contribution < -0.4 is 5.32 Å². The molecule has 1 N–H and O–H groups in total. The molecule has 0 saturated carbocycles. The normalized spacial score (nSPS) is 27.6. The lowest BCUT2D eigenvalue weighted by Gasteiger charge is -2.34. The Morgan fingerprint density at radius 3 is 2.56 bits per heavy atom. The standard InChI is InChI=1S/C16H23NO/c1-4-16(13-8-6-5-7-9-13)11-15(18)17-14(16)10-12(2)3/h5-9,12,14H,4,10-11H2,1-3H3,(H,17,18). The summed E-state index contributed by atoms with van der Waals surface area (Å²) >= 11 is 0. The summed E-state index contributed by atoms with van der Waals surface area (Å²) in [6.07, 6.45) is 2.69. The summed E-state index contributed by atoms with van der Waals surface area (Å²) in [7, 11) is 0. The van der Waals surface area contributed by atoms with Crippen molar-refractivity contribution in [3.05, 3.63) is 35.9 Å². The van der Waals surface area contributed by atoms with Crippen LogP contribution in [0.15, 0.2) is 30.3 Å². The Hall–Kier alpha value is -1.31. The van der Waals surface area contributed by atoms with Crippen LogP contribution in [0.25, 0.3) is 0 Å². The zero-order valence-corrected chi connectivity index (χ0v) is 11.6. The van der Waals surface area contributed by atoms with E-state index >= 15 is 0 Å². The predicted molar refractivity (Wildman–Crippen MR) is 74.4 cm³/mol. The molecule has 1 saturated heterocycles. The monoisotopic (exact) mass is 245 g/mol. The van der Waals surface area contributed by atoms with Gasteiger partial charge >= 0.3 is 0 Å². The Bertz CT molecular complexity index is 412. The maximum Gasteiger partial charge on any atom is 0.221 e. The van der Waals surface area contributed by atoms with Gasteiger partial charge in [-0.3, -0.25) is 4.79 Å². The Kier molecular flexibility index (Phi) is 3.74. The highest BCUT2D eigenvalue weighted by Gasteiger charge is 2.46. The minimum Gasteiger partial charge on any atom is -0.352 e. The summed E-state index contributed by atoms with van der Waals surface area (Å²) in [6.45, 7) is 6.63. The zero-order chi connectivity index (χ0) is 13.2. The topological polar surface area (TPSA) is 29.1 Å². The van der Waals surface area contributed by atoms with Crippen LogP contribution in [0.1, 0.15) is 45.6 Å². The first-order valence-electron chi connectivity index (χ1n) is 6.93. The lowest BCUT2D eigenvalue weighted by atomic mass is 9.70. The number of hydrogen-bond donors (Lipinski definition) is 1. The summed E-state index contributed by atoms with van der Waals surface area (Å²) in [4.78, 5) is 11.9. The average Bonchev–Trinajstić information content (AvgIpc) is 2.67. The lowest BCUT2D eigenvalue weighted by Crippen LogP contribution is -2.41. The molecule has 1 aliphatic rings. The predicted octanol–water partition coefficient (Wildman–Crippen LogP) is 3.27. The molecule has 0 radical (unpaired) electrons. The van der Waals surface area contributed by atoms with Crippen LogP contribution >= 0.6 is 0 Å². The molecule has 2 rings (SSSR count). The molecule has 0 bridgehead atoms. The maximum absolute atomic E-state index is 11.9. The molecule has 98 valence electrons. The van der Waals surface area contributed by atoms with Crippen LogP contribution in [0.2, 0.25) is 0 Å². The molecule has 2 atom stereocenters. The van der Waals surface area contributed by atoms with Crippen LogP contribution in [-0.4, -0.2) is 11.9 Å². The summed E-state index contributed by atoms with van der Waals surface area (Å²) in [5, 5.41) is 3.19. The average molecular weight is 245 g/mol. The number of carbonyl (C=O) groups is 1. The van der Waals surface area contributed by atoms with Gasteiger partial charge in [0.25, 0.3) is 0 Å². The van der Waals surface area contributed by atoms with Gasteiger partial charge in [-0.25, -0.2) is 0 Å². The molecule has 1 aromatic rings. The van der Waals surface area contributed by atoms with E-state index in [1.165, 1.54) is 5.56 Å². The summed E-state index contributed by atoms with van der Waals surface area (Å²) < 4.78 is 0. The van der Waals surface area contributed by atoms with E-state index in [-0.39, 0.29) is 17.4 Å². The Morgan fingerprint density at radius 1 is 1.33 bits per heavy atom. The second-order valence-electron chi connectivity index (χ2n) is 5.80. The maximum atomic E-state index is 11.9. The number of nitrogens with one attached hydrogen (secondary N) is 1. The van der Waals surface area contributed by atoms with Crippen molar-refractivity contribution in [1.29, 1.82) is 0 Å². The van der Waals surface area contributed by atoms with E-state index < -0.39 is 0 Å². The summed E-state index contributed by atoms with van der Waals surface area (Å²) in [5.74, 6) is 0.800. The van der Waals surface area contributed by atoms with Gasteiger partial charge < -0.3 is 5.32 Å². The van der Waals surface area contributed by atoms with Gasteiger partial charge in [0.1, 0.15) is 0 Å². The Labute approximate surface area is 110 Å². The lowest BCUT2D eigenvalue weighted by molar-refractivity contribution is -0.119. The van der Waals surface area contributed by atoms with Crippen molar-refractivity contribution in [2.24, 2.45) is 5.92 Å². The number of rotatable bonds is 4. The zero-order valence-electron chi connectivity index (χ0n) is 11.6. The van der Waals surface area contributed by atoms with E-state index in [4.69, 9.17) is 0 Å². The second kappa shape index (κ2) is 5.13. The first kappa shape index (κ1) is 13.1. The fraction of sp³-hybridized carbons (Fsp3) is 0.562. The number of amides is 1. The van der Waals surface area contributed by atoms with E-state index in [0.717, 1.165) is 12.8 Å². The molecular formula is C16H23NO. The third-order valence-electron chi connectivity index (χ3n) is 4.16. The smallest absolute Gasteiger partial charge is 0.221 e. The minimum absolute atomic E-state index is 0.0113. The largest absolute Gasteiger partial charge is 0.352 e. The molecule has 2 unspecified atom stereocenters. The molecule has 1 aromatic carbocycles. The van der Waals surface area contributed by atoms with Gasteiger partial charge in [-0.1, -0.05) is 51.1 Å². The molecule has 18 heavy (non-hydrogen) atoms. The van der Waals surface area contributed by atoms with E-state index in [1.807, 2.05) is 6.07 Å². The van der Waals surface area contributed by atoms with Gasteiger partial charge in [0, 0.05) is 17.9 Å². The van der Waals surface area contributed by atoms with Crippen molar-refractivity contribution >= 4 is 5.91 Å². The SMILES string of the molecule is CCC1(c2ccccc2)CC(=O)NC1CC(C)C. The minimum atomic E-state index is -0.0113. The van der Waals surface area contributed by atoms with E-state index in [1.54, 1.807) is 0 Å². The van der Waals surface area contributed by atoms with Gasteiger partial charge in [-0.15, -0.1) is 0 Å². The van der Waals surface area contributed by atoms with Gasteiger partial charge in [0.05, 0.1) is 0 Å². The van der Waals surface area contributed by atoms with Gasteiger partial charge in [-0.05, 0) is 24.3 Å². The van der Waals surface area contributed by atoms with Crippen LogP contribution in [0.3, 0.4) is 0 Å². The molecule has 2 heteroatoms. The summed E-state index contributed by atoms with van der Waals surface area (Å²) in [6, 6.07) is 10.8. The molecule has 0 aliphatic carbocycles. The van der Waals surface area contributed by atoms with Gasteiger partial charge in [0.15, 0.2) is 0 Å². The second-order valence-corrected chi connectivity index (χ2v) is 5.80. The molecule has 0 spiro atoms. The van der Waals surface area contributed by atoms with Crippen LogP contribution in [-0.2, 0) is 10.2 Å². The first-order chi connectivity index (χ1) is 8.58. The van der Waals surface area contributed by atoms with Crippen molar-refractivity contribution in [3.8, 4) is 0 Å². The van der Waals surface area contributed by atoms with E-state index in [9.17, 15) is 4.79 Å². The van der Waals surface area contributed by atoms with Crippen molar-refractivity contribution in [3.63, 3.8) is 0 Å².